The van der Waals surface area contributed by atoms with E-state index >= 15 is 0 Å². The van der Waals surface area contributed by atoms with Crippen LogP contribution < -0.4 is 5.32 Å². The largest absolute Gasteiger partial charge is 0.394 e. The molecule has 0 aliphatic carbocycles. The van der Waals surface area contributed by atoms with Gasteiger partial charge in [0.15, 0.2) is 6.29 Å². The number of amides is 1. The third-order valence-electron chi connectivity index (χ3n) is 8.37. The maximum atomic E-state index is 12.8. The van der Waals surface area contributed by atoms with Gasteiger partial charge in [0.2, 0.25) is 5.91 Å². The minimum absolute atomic E-state index is 0.148. The molecule has 43 heavy (non-hydrogen) atoms. The number of unbranched alkanes of at least 4 members (excludes halogenated alkanes) is 15. The Hall–Kier alpha value is -1.07. The average Bonchev–Trinajstić information content (AvgIpc) is 3.00. The van der Waals surface area contributed by atoms with Crippen LogP contribution in [0, 0.1) is 0 Å². The van der Waals surface area contributed by atoms with Gasteiger partial charge in [0, 0.05) is 6.42 Å². The number of aliphatic hydroxyl groups excluding tert-OH is 5. The van der Waals surface area contributed by atoms with Crippen LogP contribution in [0.25, 0.3) is 0 Å². The zero-order chi connectivity index (χ0) is 31.7. The van der Waals surface area contributed by atoms with E-state index in [0.29, 0.717) is 12.8 Å². The zero-order valence-corrected chi connectivity index (χ0v) is 27.2. The number of aliphatic hydroxyl groups is 5. The second-order valence-corrected chi connectivity index (χ2v) is 12.3. The van der Waals surface area contributed by atoms with Gasteiger partial charge in [-0.05, 0) is 38.5 Å². The highest BCUT2D eigenvalue weighted by Gasteiger charge is 2.44. The summed E-state index contributed by atoms with van der Waals surface area (Å²) in [7, 11) is 0. The molecule has 1 fully saturated rings. The van der Waals surface area contributed by atoms with Crippen LogP contribution in [0.3, 0.4) is 0 Å². The summed E-state index contributed by atoms with van der Waals surface area (Å²) >= 11 is 0. The molecule has 0 bridgehead atoms. The van der Waals surface area contributed by atoms with E-state index in [2.05, 4.69) is 31.3 Å². The molecule has 6 N–H and O–H groups in total. The van der Waals surface area contributed by atoms with E-state index in [1.807, 2.05) is 0 Å². The van der Waals surface area contributed by atoms with Gasteiger partial charge in [0.1, 0.15) is 24.4 Å². The molecule has 0 spiro atoms. The third-order valence-corrected chi connectivity index (χ3v) is 8.37. The van der Waals surface area contributed by atoms with E-state index in [1.165, 1.54) is 70.6 Å². The molecule has 1 rings (SSSR count). The minimum atomic E-state index is -1.55. The molecule has 0 aromatic rings. The lowest BCUT2D eigenvalue weighted by molar-refractivity contribution is -0.302. The fourth-order valence-electron chi connectivity index (χ4n) is 5.45. The smallest absolute Gasteiger partial charge is 0.220 e. The molecule has 254 valence electrons. The predicted octanol–water partition coefficient (Wildman–Crippen LogP) is 5.05. The Labute approximate surface area is 261 Å². The number of carbonyl (C=O) groups excluding carboxylic acids is 1. The van der Waals surface area contributed by atoms with Crippen molar-refractivity contribution < 1.29 is 39.8 Å². The molecular weight excluding hydrogens is 550 g/mol. The maximum absolute atomic E-state index is 12.8. The van der Waals surface area contributed by atoms with E-state index in [9.17, 15) is 30.3 Å². The van der Waals surface area contributed by atoms with Crippen molar-refractivity contribution in [2.75, 3.05) is 13.2 Å². The number of allylic oxidation sites excluding steroid dienone is 2. The van der Waals surface area contributed by atoms with Crippen LogP contribution in [0.15, 0.2) is 12.2 Å². The molecule has 1 aliphatic rings. The van der Waals surface area contributed by atoms with E-state index in [-0.39, 0.29) is 12.5 Å². The van der Waals surface area contributed by atoms with E-state index < -0.39 is 49.5 Å². The molecule has 0 aromatic heterocycles. The van der Waals surface area contributed by atoms with Crippen molar-refractivity contribution in [2.24, 2.45) is 0 Å². The summed E-state index contributed by atoms with van der Waals surface area (Å²) in [5.41, 5.74) is 0. The first-order chi connectivity index (χ1) is 20.8. The number of hydrogen-bond donors (Lipinski definition) is 6. The average molecular weight is 616 g/mol. The number of nitrogens with one attached hydrogen (secondary N) is 1. The molecule has 1 aliphatic heterocycles. The van der Waals surface area contributed by atoms with Crippen LogP contribution in [0.1, 0.15) is 142 Å². The van der Waals surface area contributed by atoms with Crippen molar-refractivity contribution in [3.63, 3.8) is 0 Å². The second-order valence-electron chi connectivity index (χ2n) is 12.3. The SMILES string of the molecule is CCCCCCC/C=C/CCCC[C@@H](O)[C@H](CO[C@@H]1O[C@H](CO)[C@@H](O)C(O)C1O)NC(=O)CCCCCCCCCCC. The summed E-state index contributed by atoms with van der Waals surface area (Å²) in [5, 5.41) is 53.7. The van der Waals surface area contributed by atoms with Gasteiger partial charge in [0.05, 0.1) is 25.4 Å². The molecule has 2 unspecified atom stereocenters. The Morgan fingerprint density at radius 3 is 1.88 bits per heavy atom. The molecule has 7 atom stereocenters. The fraction of sp³-hybridized carbons (Fsp3) is 0.912. The van der Waals surface area contributed by atoms with Crippen LogP contribution in [0.4, 0.5) is 0 Å². The van der Waals surface area contributed by atoms with Gasteiger partial charge in [-0.1, -0.05) is 109 Å². The van der Waals surface area contributed by atoms with Crippen molar-refractivity contribution in [3.05, 3.63) is 12.2 Å². The molecule has 0 aromatic carbocycles. The number of hydrogen-bond acceptors (Lipinski definition) is 8. The Balaban J connectivity index is 2.51. The monoisotopic (exact) mass is 615 g/mol. The normalized spacial score (nSPS) is 23.9. The lowest BCUT2D eigenvalue weighted by Crippen LogP contribution is -2.60. The van der Waals surface area contributed by atoms with Crippen LogP contribution >= 0.6 is 0 Å². The minimum Gasteiger partial charge on any atom is -0.394 e. The molecule has 9 heteroatoms. The quantitative estimate of drug-likeness (QED) is 0.0556. The van der Waals surface area contributed by atoms with Crippen LogP contribution in [0.5, 0.6) is 0 Å². The highest BCUT2D eigenvalue weighted by Crippen LogP contribution is 2.22. The Morgan fingerprint density at radius 1 is 0.767 bits per heavy atom. The molecule has 1 heterocycles. The topological polar surface area (TPSA) is 149 Å². The third kappa shape index (κ3) is 18.5. The summed E-state index contributed by atoms with van der Waals surface area (Å²) in [5.74, 6) is -0.161. The lowest BCUT2D eigenvalue weighted by atomic mass is 9.99. The molecule has 1 amide bonds. The number of carbonyl (C=O) groups is 1. The van der Waals surface area contributed by atoms with Gasteiger partial charge in [-0.25, -0.2) is 0 Å². The Bertz CT molecular complexity index is 691. The highest BCUT2D eigenvalue weighted by molar-refractivity contribution is 5.76. The summed E-state index contributed by atoms with van der Waals surface area (Å²) in [6.07, 6.45) is 18.0. The first-order valence-corrected chi connectivity index (χ1v) is 17.4. The predicted molar refractivity (Wildman–Crippen MR) is 170 cm³/mol. The molecular formula is C34H65NO8. The highest BCUT2D eigenvalue weighted by atomic mass is 16.7. The van der Waals surface area contributed by atoms with Gasteiger partial charge in [-0.15, -0.1) is 0 Å². The summed E-state index contributed by atoms with van der Waals surface area (Å²) in [4.78, 5) is 12.8. The van der Waals surface area contributed by atoms with Crippen LogP contribution in [-0.4, -0.2) is 87.5 Å². The summed E-state index contributed by atoms with van der Waals surface area (Å²) in [6.45, 7) is 3.73. The van der Waals surface area contributed by atoms with Gasteiger partial charge >= 0.3 is 0 Å². The van der Waals surface area contributed by atoms with Crippen molar-refractivity contribution in [2.45, 2.75) is 185 Å². The van der Waals surface area contributed by atoms with Gasteiger partial charge < -0.3 is 40.3 Å². The van der Waals surface area contributed by atoms with Crippen molar-refractivity contribution in [3.8, 4) is 0 Å². The van der Waals surface area contributed by atoms with Crippen molar-refractivity contribution in [1.29, 1.82) is 0 Å². The van der Waals surface area contributed by atoms with E-state index in [4.69, 9.17) is 9.47 Å². The first kappa shape index (κ1) is 40.0. The number of ether oxygens (including phenoxy) is 2. The van der Waals surface area contributed by atoms with Crippen LogP contribution in [-0.2, 0) is 14.3 Å². The zero-order valence-electron chi connectivity index (χ0n) is 27.2. The van der Waals surface area contributed by atoms with Gasteiger partial charge in [-0.3, -0.25) is 4.79 Å². The summed E-state index contributed by atoms with van der Waals surface area (Å²) in [6, 6.07) is -0.725. The van der Waals surface area contributed by atoms with Gasteiger partial charge in [-0.2, -0.15) is 0 Å². The molecule has 1 saturated heterocycles. The lowest BCUT2D eigenvalue weighted by Gasteiger charge is -2.40. The summed E-state index contributed by atoms with van der Waals surface area (Å²) < 4.78 is 11.1. The standard InChI is InChI=1S/C34H65NO8/c1-3-5-7-9-11-13-14-16-17-19-21-23-28(37)27(26-42-34-33(41)32(40)31(39)29(25-36)43-34)35-30(38)24-22-20-18-15-12-10-8-6-4-2/h14,16,27-29,31-34,36-37,39-41H,3-13,15,17-26H2,1-2H3,(H,35,38)/b16-14+/t27-,28+,29+,31+,32?,33?,34+/m0/s1. The van der Waals surface area contributed by atoms with Gasteiger partial charge in [0.25, 0.3) is 0 Å². The van der Waals surface area contributed by atoms with Crippen molar-refractivity contribution >= 4 is 5.91 Å². The Kier molecular flexibility index (Phi) is 24.3. The maximum Gasteiger partial charge on any atom is 0.220 e. The first-order valence-electron chi connectivity index (χ1n) is 17.4. The van der Waals surface area contributed by atoms with Crippen LogP contribution in [0.2, 0.25) is 0 Å². The number of rotatable bonds is 27. The molecule has 0 radical (unpaired) electrons. The molecule has 9 nitrogen and oxygen atoms in total. The van der Waals surface area contributed by atoms with E-state index in [0.717, 1.165) is 44.9 Å². The second kappa shape index (κ2) is 26.2. The molecule has 0 saturated carbocycles. The Morgan fingerprint density at radius 2 is 1.30 bits per heavy atom. The van der Waals surface area contributed by atoms with Crippen molar-refractivity contribution in [1.82, 2.24) is 5.32 Å². The fourth-order valence-corrected chi connectivity index (χ4v) is 5.45. The van der Waals surface area contributed by atoms with E-state index in [1.54, 1.807) is 0 Å².